The van der Waals surface area contributed by atoms with Crippen LogP contribution in [0.4, 0.5) is 14.5 Å². The molecule has 1 unspecified atom stereocenters. The van der Waals surface area contributed by atoms with E-state index in [1.54, 1.807) is 0 Å². The quantitative estimate of drug-likeness (QED) is 0.680. The van der Waals surface area contributed by atoms with Gasteiger partial charge < -0.3 is 4.74 Å². The first-order valence-corrected chi connectivity index (χ1v) is 8.76. The van der Waals surface area contributed by atoms with Crippen LogP contribution in [0.5, 0.6) is 0 Å². The summed E-state index contributed by atoms with van der Waals surface area (Å²) in [4.78, 5) is 26.5. The smallest absolute Gasteiger partial charge is 0.336 e. The summed E-state index contributed by atoms with van der Waals surface area (Å²) in [5, 5.41) is -0.0374. The number of esters is 1. The van der Waals surface area contributed by atoms with Gasteiger partial charge in [-0.3, -0.25) is 9.69 Å². The molecule has 2 heterocycles. The first-order valence-electron chi connectivity index (χ1n) is 8.00. The van der Waals surface area contributed by atoms with E-state index in [4.69, 9.17) is 27.9 Å². The average Bonchev–Trinajstić information content (AvgIpc) is 2.99. The van der Waals surface area contributed by atoms with E-state index in [-0.39, 0.29) is 39.9 Å². The molecule has 0 bridgehead atoms. The number of benzene rings is 2. The minimum atomic E-state index is -0.858. The molecular weight excluding hydrogens is 399 g/mol. The second-order valence-corrected chi connectivity index (χ2v) is 6.97. The Morgan fingerprint density at radius 3 is 2.52 bits per heavy atom. The van der Waals surface area contributed by atoms with Crippen LogP contribution in [-0.4, -0.2) is 18.5 Å². The molecule has 0 saturated heterocycles. The summed E-state index contributed by atoms with van der Waals surface area (Å²) in [7, 11) is 0. The lowest BCUT2D eigenvalue weighted by Gasteiger charge is -2.32. The summed E-state index contributed by atoms with van der Waals surface area (Å²) in [6.07, 6.45) is -0.191. The number of amides is 1. The largest absolute Gasteiger partial charge is 0.456 e. The minimum absolute atomic E-state index is 0.0793. The van der Waals surface area contributed by atoms with E-state index in [0.717, 1.165) is 6.07 Å². The maximum atomic E-state index is 14.4. The molecule has 27 heavy (non-hydrogen) atoms. The van der Waals surface area contributed by atoms with Gasteiger partial charge in [0.15, 0.2) is 0 Å². The molecule has 1 atom stereocenters. The van der Waals surface area contributed by atoms with Gasteiger partial charge in [-0.2, -0.15) is 0 Å². The fraction of sp³-hybridized carbons (Fsp3) is 0.158. The van der Waals surface area contributed by atoms with Gasteiger partial charge in [-0.15, -0.1) is 0 Å². The Hall–Kier alpha value is -2.44. The fourth-order valence-electron chi connectivity index (χ4n) is 3.47. The zero-order valence-corrected chi connectivity index (χ0v) is 15.2. The van der Waals surface area contributed by atoms with Crippen LogP contribution in [0.25, 0.3) is 0 Å². The Bertz CT molecular complexity index is 1000. The number of cyclic esters (lactones) is 1. The van der Waals surface area contributed by atoms with E-state index < -0.39 is 29.4 Å². The van der Waals surface area contributed by atoms with E-state index in [1.165, 1.54) is 35.2 Å². The first-order chi connectivity index (χ1) is 12.9. The molecule has 2 aromatic rings. The number of anilines is 1. The van der Waals surface area contributed by atoms with Gasteiger partial charge in [0.05, 0.1) is 22.0 Å². The normalized spacial score (nSPS) is 19.4. The molecule has 0 N–H and O–H groups in total. The molecule has 2 aliphatic rings. The Morgan fingerprint density at radius 1 is 1.04 bits per heavy atom. The third-order valence-electron chi connectivity index (χ3n) is 4.63. The van der Waals surface area contributed by atoms with Gasteiger partial charge in [0, 0.05) is 22.9 Å². The second-order valence-electron chi connectivity index (χ2n) is 6.16. The Labute approximate surface area is 162 Å². The van der Waals surface area contributed by atoms with Gasteiger partial charge >= 0.3 is 5.97 Å². The number of carbonyl (C=O) groups excluding carboxylic acids is 2. The molecule has 4 rings (SSSR count). The highest BCUT2D eigenvalue weighted by Gasteiger charge is 2.44. The van der Waals surface area contributed by atoms with Crippen molar-refractivity contribution in [2.45, 2.75) is 12.3 Å². The van der Waals surface area contributed by atoms with Crippen molar-refractivity contribution in [2.75, 3.05) is 11.5 Å². The molecule has 0 aliphatic carbocycles. The molecule has 0 saturated carbocycles. The van der Waals surface area contributed by atoms with E-state index in [9.17, 15) is 18.4 Å². The Balaban J connectivity index is 1.88. The van der Waals surface area contributed by atoms with Crippen LogP contribution in [-0.2, 0) is 14.3 Å². The molecule has 0 spiro atoms. The highest BCUT2D eigenvalue weighted by atomic mass is 35.5. The number of hydrogen-bond acceptors (Lipinski definition) is 3. The minimum Gasteiger partial charge on any atom is -0.456 e. The van der Waals surface area contributed by atoms with Crippen LogP contribution in [0.15, 0.2) is 47.7 Å². The fourth-order valence-corrected chi connectivity index (χ4v) is 3.94. The van der Waals surface area contributed by atoms with Crippen LogP contribution in [0.3, 0.4) is 0 Å². The topological polar surface area (TPSA) is 46.6 Å². The molecule has 1 amide bonds. The van der Waals surface area contributed by atoms with Crippen molar-refractivity contribution in [3.8, 4) is 0 Å². The molecule has 4 nitrogen and oxygen atoms in total. The van der Waals surface area contributed by atoms with Gasteiger partial charge in [-0.05, 0) is 30.3 Å². The van der Waals surface area contributed by atoms with Crippen molar-refractivity contribution in [2.24, 2.45) is 0 Å². The number of ether oxygens (including phenoxy) is 1. The lowest BCUT2D eigenvalue weighted by atomic mass is 9.83. The zero-order valence-electron chi connectivity index (χ0n) is 13.6. The maximum Gasteiger partial charge on any atom is 0.336 e. The van der Waals surface area contributed by atoms with Crippen LogP contribution in [0.1, 0.15) is 17.9 Å². The third kappa shape index (κ3) is 2.89. The molecule has 0 radical (unpaired) electrons. The SMILES string of the molecule is O=C1OCC2=C1C(c1c(F)cccc1Cl)CC(=O)N2c1ccc(F)c(Cl)c1. The maximum absolute atomic E-state index is 14.4. The highest BCUT2D eigenvalue weighted by Crippen LogP contribution is 2.44. The van der Waals surface area contributed by atoms with Gasteiger partial charge in [-0.1, -0.05) is 29.3 Å². The van der Waals surface area contributed by atoms with Crippen molar-refractivity contribution in [3.05, 3.63) is 74.9 Å². The number of rotatable bonds is 2. The molecule has 0 aromatic heterocycles. The molecule has 8 heteroatoms. The Kier molecular flexibility index (Phi) is 4.40. The molecular formula is C19H11Cl2F2NO3. The first kappa shape index (κ1) is 17.9. The summed E-state index contributed by atoms with van der Waals surface area (Å²) in [5.74, 6) is -3.14. The van der Waals surface area contributed by atoms with Gasteiger partial charge in [0.2, 0.25) is 5.91 Å². The summed E-state index contributed by atoms with van der Waals surface area (Å²) in [6.45, 7) is -0.155. The number of nitrogens with zero attached hydrogens (tertiary/aromatic N) is 1. The second kappa shape index (κ2) is 6.62. The predicted octanol–water partition coefficient (Wildman–Crippen LogP) is 4.60. The monoisotopic (exact) mass is 409 g/mol. The van der Waals surface area contributed by atoms with Gasteiger partial charge in [0.1, 0.15) is 18.2 Å². The van der Waals surface area contributed by atoms with E-state index in [0.29, 0.717) is 5.69 Å². The summed E-state index contributed by atoms with van der Waals surface area (Å²) < 4.78 is 33.0. The van der Waals surface area contributed by atoms with Crippen molar-refractivity contribution >= 4 is 40.8 Å². The van der Waals surface area contributed by atoms with Crippen LogP contribution < -0.4 is 4.90 Å². The van der Waals surface area contributed by atoms with E-state index in [2.05, 4.69) is 0 Å². The summed E-state index contributed by atoms with van der Waals surface area (Å²) in [6, 6.07) is 7.96. The average molecular weight is 410 g/mol. The van der Waals surface area contributed by atoms with E-state index in [1.807, 2.05) is 0 Å². The van der Waals surface area contributed by atoms with Crippen LogP contribution in [0, 0.1) is 11.6 Å². The van der Waals surface area contributed by atoms with Gasteiger partial charge in [-0.25, -0.2) is 13.6 Å². The summed E-state index contributed by atoms with van der Waals surface area (Å²) >= 11 is 12.0. The summed E-state index contributed by atoms with van der Waals surface area (Å²) in [5.41, 5.74) is 0.830. The molecule has 138 valence electrons. The van der Waals surface area contributed by atoms with Crippen LogP contribution >= 0.6 is 23.2 Å². The zero-order chi connectivity index (χ0) is 19.3. The van der Waals surface area contributed by atoms with Crippen molar-refractivity contribution in [1.82, 2.24) is 0 Å². The highest BCUT2D eigenvalue weighted by molar-refractivity contribution is 6.32. The lowest BCUT2D eigenvalue weighted by molar-refractivity contribution is -0.136. The van der Waals surface area contributed by atoms with E-state index >= 15 is 0 Å². The Morgan fingerprint density at radius 2 is 1.81 bits per heavy atom. The third-order valence-corrected chi connectivity index (χ3v) is 5.25. The van der Waals surface area contributed by atoms with Crippen LogP contribution in [0.2, 0.25) is 10.0 Å². The van der Waals surface area contributed by atoms with Gasteiger partial charge in [0.25, 0.3) is 0 Å². The molecule has 2 aromatic carbocycles. The predicted molar refractivity (Wildman–Crippen MR) is 95.6 cm³/mol. The molecule has 0 fully saturated rings. The van der Waals surface area contributed by atoms with Crippen molar-refractivity contribution in [1.29, 1.82) is 0 Å². The molecule has 2 aliphatic heterocycles. The standard InChI is InChI=1S/C19H11Cl2F2NO3/c20-11-2-1-3-14(23)17(11)10-7-16(25)24(15-8-27-19(26)18(10)15)9-4-5-13(22)12(21)6-9/h1-6,10H,7-8H2. The number of carbonyl (C=O) groups is 2. The van der Waals surface area contributed by atoms with Crippen molar-refractivity contribution in [3.63, 3.8) is 0 Å². The number of halogens is 4. The lowest BCUT2D eigenvalue weighted by Crippen LogP contribution is -2.37. The van der Waals surface area contributed by atoms with Crippen molar-refractivity contribution < 1.29 is 23.1 Å². The number of hydrogen-bond donors (Lipinski definition) is 0.